The molecular formula is C20H27N5O2. The second kappa shape index (κ2) is 8.19. The molecule has 27 heavy (non-hydrogen) atoms. The zero-order valence-corrected chi connectivity index (χ0v) is 15.9. The molecule has 0 saturated carbocycles. The monoisotopic (exact) mass is 369 g/mol. The summed E-state index contributed by atoms with van der Waals surface area (Å²) in [7, 11) is 1.85. The van der Waals surface area contributed by atoms with Crippen molar-refractivity contribution in [2.75, 3.05) is 52.9 Å². The summed E-state index contributed by atoms with van der Waals surface area (Å²) in [5.41, 5.74) is 2.09. The Balaban J connectivity index is 1.39. The van der Waals surface area contributed by atoms with E-state index >= 15 is 0 Å². The van der Waals surface area contributed by atoms with Gasteiger partial charge in [-0.05, 0) is 38.1 Å². The molecule has 1 amide bonds. The number of nitrogens with one attached hydrogen (secondary N) is 1. The van der Waals surface area contributed by atoms with Crippen LogP contribution in [-0.2, 0) is 4.79 Å². The zero-order valence-electron chi connectivity index (χ0n) is 15.9. The summed E-state index contributed by atoms with van der Waals surface area (Å²) in [5.74, 6) is 1.49. The number of likely N-dealkylation sites (N-methyl/N-ethyl adjacent to an activating group) is 1. The van der Waals surface area contributed by atoms with Crippen LogP contribution in [0.4, 0.5) is 0 Å². The molecule has 1 N–H and O–H groups in total. The van der Waals surface area contributed by atoms with Crippen molar-refractivity contribution >= 4 is 16.8 Å². The van der Waals surface area contributed by atoms with Crippen LogP contribution in [0.15, 0.2) is 24.5 Å². The van der Waals surface area contributed by atoms with Crippen molar-refractivity contribution < 1.29 is 9.53 Å². The Morgan fingerprint density at radius 3 is 2.89 bits per heavy atom. The van der Waals surface area contributed by atoms with Gasteiger partial charge < -0.3 is 15.0 Å². The van der Waals surface area contributed by atoms with Crippen molar-refractivity contribution in [2.24, 2.45) is 0 Å². The van der Waals surface area contributed by atoms with Crippen LogP contribution in [0.2, 0.25) is 0 Å². The van der Waals surface area contributed by atoms with Gasteiger partial charge in [0.25, 0.3) is 0 Å². The molecule has 7 heteroatoms. The van der Waals surface area contributed by atoms with Crippen molar-refractivity contribution in [1.82, 2.24) is 25.1 Å². The number of rotatable bonds is 5. The van der Waals surface area contributed by atoms with Crippen LogP contribution in [0, 0.1) is 0 Å². The van der Waals surface area contributed by atoms with Gasteiger partial charge in [0.1, 0.15) is 18.7 Å². The molecule has 2 aliphatic rings. The third kappa shape index (κ3) is 4.20. The number of benzene rings is 1. The molecule has 1 aromatic heterocycles. The largest absolute Gasteiger partial charge is 0.492 e. The lowest BCUT2D eigenvalue weighted by Gasteiger charge is -2.31. The minimum absolute atomic E-state index is 0.175. The molecule has 0 bridgehead atoms. The van der Waals surface area contributed by atoms with E-state index in [1.165, 1.54) is 0 Å². The van der Waals surface area contributed by atoms with Crippen molar-refractivity contribution in [1.29, 1.82) is 0 Å². The highest BCUT2D eigenvalue weighted by atomic mass is 16.5. The van der Waals surface area contributed by atoms with Gasteiger partial charge in [0.05, 0.1) is 17.8 Å². The average Bonchev–Trinajstić information content (AvgIpc) is 2.71. The number of ether oxygens (including phenoxy) is 1. The molecular weight excluding hydrogens is 342 g/mol. The van der Waals surface area contributed by atoms with E-state index in [2.05, 4.69) is 26.3 Å². The lowest BCUT2D eigenvalue weighted by molar-refractivity contribution is -0.134. The first-order chi connectivity index (χ1) is 13.2. The van der Waals surface area contributed by atoms with Crippen LogP contribution in [0.1, 0.15) is 24.5 Å². The molecule has 7 nitrogen and oxygen atoms in total. The molecule has 3 heterocycles. The van der Waals surface area contributed by atoms with E-state index in [0.717, 1.165) is 67.9 Å². The van der Waals surface area contributed by atoms with Crippen LogP contribution >= 0.6 is 0 Å². The van der Waals surface area contributed by atoms with Gasteiger partial charge in [-0.15, -0.1) is 0 Å². The first-order valence-corrected chi connectivity index (χ1v) is 9.75. The van der Waals surface area contributed by atoms with Gasteiger partial charge in [-0.25, -0.2) is 9.97 Å². The predicted octanol–water partition coefficient (Wildman–Crippen LogP) is 1.25. The number of piperazine rings is 1. The minimum Gasteiger partial charge on any atom is -0.492 e. The number of carbonyl (C=O) groups excluding carboxylic acids is 1. The Kier molecular flexibility index (Phi) is 5.50. The maximum absolute atomic E-state index is 11.8. The molecule has 2 saturated heterocycles. The topological polar surface area (TPSA) is 70.6 Å². The van der Waals surface area contributed by atoms with Gasteiger partial charge >= 0.3 is 0 Å². The molecule has 1 aromatic carbocycles. The minimum atomic E-state index is 0.175. The molecule has 144 valence electrons. The Bertz CT molecular complexity index is 806. The summed E-state index contributed by atoms with van der Waals surface area (Å²) in [6.45, 7) is 5.57. The zero-order chi connectivity index (χ0) is 18.6. The number of piperidine rings is 1. The summed E-state index contributed by atoms with van der Waals surface area (Å²) in [6, 6.07) is 6.09. The summed E-state index contributed by atoms with van der Waals surface area (Å²) >= 11 is 0. The van der Waals surface area contributed by atoms with E-state index in [4.69, 9.17) is 4.74 Å². The Hall–Kier alpha value is -2.25. The summed E-state index contributed by atoms with van der Waals surface area (Å²) in [4.78, 5) is 24.7. The van der Waals surface area contributed by atoms with Gasteiger partial charge in [0.15, 0.2) is 0 Å². The van der Waals surface area contributed by atoms with Crippen molar-refractivity contribution in [2.45, 2.75) is 18.8 Å². The van der Waals surface area contributed by atoms with Crippen LogP contribution in [0.25, 0.3) is 10.9 Å². The Morgan fingerprint density at radius 2 is 2.07 bits per heavy atom. The molecule has 0 atom stereocenters. The van der Waals surface area contributed by atoms with E-state index in [9.17, 15) is 4.79 Å². The second-order valence-corrected chi connectivity index (χ2v) is 7.40. The van der Waals surface area contributed by atoms with E-state index in [1.54, 1.807) is 11.2 Å². The van der Waals surface area contributed by atoms with Crippen molar-refractivity contribution in [3.63, 3.8) is 0 Å². The number of hydrogen-bond acceptors (Lipinski definition) is 6. The van der Waals surface area contributed by atoms with E-state index in [0.29, 0.717) is 19.1 Å². The third-order valence-corrected chi connectivity index (χ3v) is 5.58. The highest BCUT2D eigenvalue weighted by Gasteiger charge is 2.21. The Labute approximate surface area is 159 Å². The molecule has 2 aliphatic heterocycles. The second-order valence-electron chi connectivity index (χ2n) is 7.40. The van der Waals surface area contributed by atoms with E-state index in [-0.39, 0.29) is 5.91 Å². The Morgan fingerprint density at radius 1 is 1.22 bits per heavy atom. The van der Waals surface area contributed by atoms with Gasteiger partial charge in [-0.1, -0.05) is 0 Å². The SMILES string of the molecule is CN1CCN(CCOc2ccc3c(C4CCNCC4)ncnc3c2)CC1=O. The fraction of sp³-hybridized carbons (Fsp3) is 0.550. The number of fused-ring (bicyclic) bond motifs is 1. The van der Waals surface area contributed by atoms with Crippen molar-refractivity contribution in [3.05, 3.63) is 30.2 Å². The summed E-state index contributed by atoms with van der Waals surface area (Å²) in [5, 5.41) is 4.53. The average molecular weight is 369 g/mol. The van der Waals surface area contributed by atoms with Gasteiger partial charge in [-0.2, -0.15) is 0 Å². The normalized spacial score (nSPS) is 19.6. The quantitative estimate of drug-likeness (QED) is 0.855. The number of aromatic nitrogens is 2. The first kappa shape index (κ1) is 18.1. The molecule has 2 aromatic rings. The first-order valence-electron chi connectivity index (χ1n) is 9.75. The predicted molar refractivity (Wildman–Crippen MR) is 104 cm³/mol. The van der Waals surface area contributed by atoms with Crippen LogP contribution < -0.4 is 10.1 Å². The van der Waals surface area contributed by atoms with Crippen LogP contribution in [0.3, 0.4) is 0 Å². The molecule has 2 fully saturated rings. The maximum Gasteiger partial charge on any atom is 0.236 e. The van der Waals surface area contributed by atoms with Crippen molar-refractivity contribution in [3.8, 4) is 5.75 Å². The van der Waals surface area contributed by atoms with Crippen LogP contribution in [-0.4, -0.2) is 78.6 Å². The maximum atomic E-state index is 11.8. The number of carbonyl (C=O) groups is 1. The van der Waals surface area contributed by atoms with Gasteiger partial charge in [0.2, 0.25) is 5.91 Å². The standard InChI is InChI=1S/C20H27N5O2/c1-24-8-9-25(13-19(24)26)10-11-27-16-2-3-17-18(12-16)22-14-23-20(17)15-4-6-21-7-5-15/h2-3,12,14-15,21H,4-11,13H2,1H3. The fourth-order valence-electron chi connectivity index (χ4n) is 3.86. The summed E-state index contributed by atoms with van der Waals surface area (Å²) in [6.07, 6.45) is 3.90. The number of nitrogens with zero attached hydrogens (tertiary/aromatic N) is 4. The van der Waals surface area contributed by atoms with Gasteiger partial charge in [0, 0.05) is 44.1 Å². The lowest BCUT2D eigenvalue weighted by atomic mass is 9.92. The molecule has 0 aliphatic carbocycles. The molecule has 0 spiro atoms. The fourth-order valence-corrected chi connectivity index (χ4v) is 3.86. The van der Waals surface area contributed by atoms with Gasteiger partial charge in [-0.3, -0.25) is 9.69 Å². The smallest absolute Gasteiger partial charge is 0.236 e. The lowest BCUT2D eigenvalue weighted by Crippen LogP contribution is -2.49. The van der Waals surface area contributed by atoms with Crippen LogP contribution in [0.5, 0.6) is 5.75 Å². The molecule has 0 unspecified atom stereocenters. The number of amides is 1. The highest BCUT2D eigenvalue weighted by Crippen LogP contribution is 2.30. The molecule has 0 radical (unpaired) electrons. The summed E-state index contributed by atoms with van der Waals surface area (Å²) < 4.78 is 5.93. The third-order valence-electron chi connectivity index (χ3n) is 5.58. The van der Waals surface area contributed by atoms with E-state index < -0.39 is 0 Å². The number of hydrogen-bond donors (Lipinski definition) is 1. The molecule has 4 rings (SSSR count). The highest BCUT2D eigenvalue weighted by molar-refractivity contribution is 5.82. The van der Waals surface area contributed by atoms with E-state index in [1.807, 2.05) is 19.2 Å².